The fourth-order valence-corrected chi connectivity index (χ4v) is 1.99. The third-order valence-electron chi connectivity index (χ3n) is 3.77. The predicted octanol–water partition coefficient (Wildman–Crippen LogP) is 2.88. The topological polar surface area (TPSA) is 61.5 Å². The molecule has 0 spiro atoms. The van der Waals surface area contributed by atoms with E-state index in [9.17, 15) is 22.1 Å². The molecule has 0 unspecified atom stereocenters. The lowest BCUT2D eigenvalue weighted by Gasteiger charge is -2.28. The van der Waals surface area contributed by atoms with Crippen LogP contribution < -0.4 is 10.5 Å². The molecule has 1 aromatic carbocycles. The zero-order valence-electron chi connectivity index (χ0n) is 15.2. The van der Waals surface area contributed by atoms with E-state index in [0.717, 1.165) is 0 Å². The average Bonchev–Trinajstić information content (AvgIpc) is 2.70. The van der Waals surface area contributed by atoms with Crippen LogP contribution in [0.15, 0.2) is 36.3 Å². The van der Waals surface area contributed by atoms with Crippen LogP contribution in [0.5, 0.6) is 0 Å². The highest BCUT2D eigenvalue weighted by atomic mass is 35.5. The average molecular weight is 411 g/mol. The Hall–Kier alpha value is -2.23. The van der Waals surface area contributed by atoms with Gasteiger partial charge in [0.2, 0.25) is 0 Å². The molecule has 0 radical (unpaired) electrons. The summed E-state index contributed by atoms with van der Waals surface area (Å²) in [5, 5.41) is 3.07. The molecule has 1 saturated heterocycles. The van der Waals surface area contributed by atoms with Crippen molar-refractivity contribution in [2.45, 2.75) is 38.9 Å². The van der Waals surface area contributed by atoms with Crippen molar-refractivity contribution in [2.75, 3.05) is 0 Å². The maximum Gasteiger partial charge on any atom is 0.673 e. The van der Waals surface area contributed by atoms with Crippen molar-refractivity contribution in [2.24, 2.45) is 0 Å². The van der Waals surface area contributed by atoms with E-state index < -0.39 is 18.5 Å². The summed E-state index contributed by atoms with van der Waals surface area (Å²) in [5.74, 6) is 0.0728. The molecule has 150 valence electrons. The monoisotopic (exact) mass is 410 g/mol. The van der Waals surface area contributed by atoms with Gasteiger partial charge in [-0.15, -0.1) is 10.5 Å². The number of ether oxygens (including phenoxy) is 2. The lowest BCUT2D eigenvalue weighted by Crippen LogP contribution is -2.81. The van der Waals surface area contributed by atoms with Gasteiger partial charge < -0.3 is 26.7 Å². The Morgan fingerprint density at radius 3 is 2.07 bits per heavy atom. The summed E-state index contributed by atoms with van der Waals surface area (Å²) in [5.41, 5.74) is 2.07. The number of rotatable bonds is 3. The summed E-state index contributed by atoms with van der Waals surface area (Å²) in [6.45, 7) is 7.84. The minimum absolute atomic E-state index is 0.325. The van der Waals surface area contributed by atoms with Gasteiger partial charge in [0.25, 0.3) is 5.95 Å². The largest absolute Gasteiger partial charge is 0.673 e. The molecule has 1 fully saturated rings. The molecule has 27 heavy (non-hydrogen) atoms. The number of carbonyl (C=O) groups excluding carboxylic acids is 1. The van der Waals surface area contributed by atoms with Crippen molar-refractivity contribution < 1.29 is 36.6 Å². The Morgan fingerprint density at radius 1 is 1.11 bits per heavy atom. The number of hydrogen-bond donors (Lipinski definition) is 2. The molecule has 0 atom stereocenters. The second-order valence-corrected chi connectivity index (χ2v) is 6.86. The fraction of sp³-hybridized carbons (Fsp3) is 0.375. The minimum atomic E-state index is -6.00. The van der Waals surface area contributed by atoms with Gasteiger partial charge in [0, 0.05) is 0 Å². The number of allylic oxidation sites excluding steroid dienone is 1. The third-order valence-corrected chi connectivity index (χ3v) is 4.10. The van der Waals surface area contributed by atoms with Gasteiger partial charge in [-0.2, -0.15) is 0 Å². The molecule has 2 N–H and O–H groups in total. The highest BCUT2D eigenvalue weighted by Crippen LogP contribution is 2.39. The molecular weight excluding hydrogens is 390 g/mol. The molecule has 11 heteroatoms. The van der Waals surface area contributed by atoms with Gasteiger partial charge in [-0.05, 0) is 39.8 Å². The lowest BCUT2D eigenvalue weighted by molar-refractivity contribution is -0.502. The summed E-state index contributed by atoms with van der Waals surface area (Å²) in [6.07, 6.45) is 3.14. The van der Waals surface area contributed by atoms with Crippen LogP contribution in [0.2, 0.25) is 5.02 Å². The number of carbonyl (C=O) groups is 1. The summed E-state index contributed by atoms with van der Waals surface area (Å²) in [7, 11) is -6.00. The van der Waals surface area contributed by atoms with Crippen LogP contribution in [0.25, 0.3) is 0 Å². The summed E-state index contributed by atoms with van der Waals surface area (Å²) >= 11 is 5.95. The molecule has 1 amide bonds. The van der Waals surface area contributed by atoms with Crippen LogP contribution in [0.4, 0.5) is 17.3 Å². The first-order valence-electron chi connectivity index (χ1n) is 7.82. The standard InChI is InChI=1S/C16H19ClN2O3.BF4/c1-15(2)16(3,4)22-13(21-15)9-10-18-19-14(20)11-7-5-6-8-12(11)17;2-1(3,4)5/h5-10H,1-4H3,(H,19,20);/q;-1/p+1/b18-10-;. The molecule has 0 saturated carbocycles. The number of hydrazine groups is 1. The fourth-order valence-electron chi connectivity index (χ4n) is 1.77. The van der Waals surface area contributed by atoms with E-state index in [1.165, 1.54) is 6.21 Å². The van der Waals surface area contributed by atoms with Gasteiger partial charge >= 0.3 is 13.2 Å². The van der Waals surface area contributed by atoms with Crippen LogP contribution in [0.1, 0.15) is 38.1 Å². The van der Waals surface area contributed by atoms with Crippen molar-refractivity contribution >= 4 is 31.0 Å². The van der Waals surface area contributed by atoms with Crippen LogP contribution >= 0.6 is 11.6 Å². The first-order valence-corrected chi connectivity index (χ1v) is 8.20. The summed E-state index contributed by atoms with van der Waals surface area (Å²) in [4.78, 5) is 11.9. The number of hydrazone groups is 1. The molecule has 0 aromatic heterocycles. The molecule has 0 bridgehead atoms. The molecule has 1 aromatic rings. The van der Waals surface area contributed by atoms with Gasteiger partial charge in [0.05, 0.1) is 16.7 Å². The highest BCUT2D eigenvalue weighted by molar-refractivity contribution is 6.50. The number of hydrogen-bond acceptors (Lipinski definition) is 3. The van der Waals surface area contributed by atoms with E-state index in [1.807, 2.05) is 27.7 Å². The first kappa shape index (κ1) is 22.8. The van der Waals surface area contributed by atoms with Crippen LogP contribution in [-0.4, -0.2) is 30.6 Å². The lowest BCUT2D eigenvalue weighted by atomic mass is 9.90. The van der Waals surface area contributed by atoms with E-state index in [0.29, 0.717) is 16.5 Å². The molecule has 1 aliphatic heterocycles. The minimum Gasteiger partial charge on any atom is -0.455 e. The highest BCUT2D eigenvalue weighted by Gasteiger charge is 2.48. The second-order valence-electron chi connectivity index (χ2n) is 6.45. The Labute approximate surface area is 159 Å². The van der Waals surface area contributed by atoms with Crippen LogP contribution in [-0.2, 0) is 9.47 Å². The smallest absolute Gasteiger partial charge is 0.455 e. The molecule has 5 nitrogen and oxygen atoms in total. The van der Waals surface area contributed by atoms with E-state index in [2.05, 4.69) is 10.5 Å². The van der Waals surface area contributed by atoms with Gasteiger partial charge in [-0.25, -0.2) is 0 Å². The number of amides is 1. The Bertz CT molecular complexity index is 713. The van der Waals surface area contributed by atoms with Crippen molar-refractivity contribution in [1.82, 2.24) is 5.43 Å². The maximum absolute atomic E-state index is 11.9. The summed E-state index contributed by atoms with van der Waals surface area (Å²) in [6, 6.07) is 6.82. The molecule has 0 aliphatic carbocycles. The number of benzene rings is 1. The summed E-state index contributed by atoms with van der Waals surface area (Å²) < 4.78 is 50.4. The Kier molecular flexibility index (Phi) is 7.30. The molecule has 2 rings (SSSR count). The van der Waals surface area contributed by atoms with Crippen molar-refractivity contribution in [1.29, 1.82) is 0 Å². The van der Waals surface area contributed by atoms with Gasteiger partial charge in [0.15, 0.2) is 6.21 Å². The maximum atomic E-state index is 11.9. The van der Waals surface area contributed by atoms with Crippen molar-refractivity contribution in [3.8, 4) is 0 Å². The normalized spacial score (nSPS) is 17.4. The molecular formula is C16H20BClF4N2O3. The molecule has 1 aliphatic rings. The van der Waals surface area contributed by atoms with Crippen LogP contribution in [0, 0.1) is 0 Å². The van der Waals surface area contributed by atoms with Gasteiger partial charge in [-0.3, -0.25) is 4.79 Å². The number of nitrogens with one attached hydrogen (secondary N) is 2. The van der Waals surface area contributed by atoms with Crippen molar-refractivity contribution in [3.63, 3.8) is 0 Å². The van der Waals surface area contributed by atoms with Gasteiger partial charge in [0.1, 0.15) is 11.2 Å². The molecule has 1 heterocycles. The predicted molar refractivity (Wildman–Crippen MR) is 94.5 cm³/mol. The quantitative estimate of drug-likeness (QED) is 0.349. The first-order chi connectivity index (χ1) is 12.2. The van der Waals surface area contributed by atoms with E-state index in [-0.39, 0.29) is 5.91 Å². The van der Waals surface area contributed by atoms with Gasteiger partial charge in [-0.1, -0.05) is 23.7 Å². The third kappa shape index (κ3) is 7.50. The zero-order valence-corrected chi connectivity index (χ0v) is 15.9. The zero-order chi connectivity index (χ0) is 20.9. The Balaban J connectivity index is 0.000000646. The van der Waals surface area contributed by atoms with E-state index >= 15 is 0 Å². The van der Waals surface area contributed by atoms with E-state index in [4.69, 9.17) is 21.1 Å². The number of halogens is 5. The second kappa shape index (κ2) is 8.64. The van der Waals surface area contributed by atoms with Crippen molar-refractivity contribution in [3.05, 3.63) is 46.9 Å². The Morgan fingerprint density at radius 2 is 1.59 bits per heavy atom. The van der Waals surface area contributed by atoms with E-state index in [1.54, 1.807) is 30.3 Å². The SMILES string of the molecule is CC1(C)OC(=C/C=[NH+]\NC(=O)c2ccccc2Cl)OC1(C)C.F[B-](F)(F)F. The van der Waals surface area contributed by atoms with Crippen LogP contribution in [0.3, 0.4) is 0 Å².